The van der Waals surface area contributed by atoms with Gasteiger partial charge in [-0.3, -0.25) is 0 Å². The average Bonchev–Trinajstić information content (AvgIpc) is 2.26. The molecule has 2 N–H and O–H groups in total. The Morgan fingerprint density at radius 1 is 1.24 bits per heavy atom. The molecule has 2 nitrogen and oxygen atoms in total. The van der Waals surface area contributed by atoms with Gasteiger partial charge in [-0.2, -0.15) is 0 Å². The standard InChI is InChI=1S/C13H19BrClNO/c1-2-3-4-5-6-7-17-13-11(15)8-10(14)9-12(13)16/h8-9H,2-7,16H2,1H3. The Bertz CT molecular complexity index is 334. The molecule has 0 saturated carbocycles. The molecule has 0 spiro atoms. The van der Waals surface area contributed by atoms with E-state index >= 15 is 0 Å². The molecule has 0 fully saturated rings. The molecular formula is C13H19BrClNO. The van der Waals surface area contributed by atoms with Crippen molar-refractivity contribution >= 4 is 33.2 Å². The number of unbranched alkanes of at least 4 members (excludes halogenated alkanes) is 4. The summed E-state index contributed by atoms with van der Waals surface area (Å²) >= 11 is 9.40. The number of anilines is 1. The zero-order valence-electron chi connectivity index (χ0n) is 10.1. The Kier molecular flexibility index (Phi) is 6.75. The van der Waals surface area contributed by atoms with Crippen LogP contribution in [0.1, 0.15) is 39.0 Å². The Morgan fingerprint density at radius 2 is 1.94 bits per heavy atom. The lowest BCUT2D eigenvalue weighted by molar-refractivity contribution is 0.306. The zero-order chi connectivity index (χ0) is 12.7. The van der Waals surface area contributed by atoms with Gasteiger partial charge in [0.25, 0.3) is 0 Å². The van der Waals surface area contributed by atoms with Gasteiger partial charge in [0.1, 0.15) is 0 Å². The molecule has 0 aromatic heterocycles. The Morgan fingerprint density at radius 3 is 2.59 bits per heavy atom. The topological polar surface area (TPSA) is 35.2 Å². The van der Waals surface area contributed by atoms with Gasteiger partial charge in [-0.1, -0.05) is 60.1 Å². The summed E-state index contributed by atoms with van der Waals surface area (Å²) in [6, 6.07) is 3.60. The molecule has 4 heteroatoms. The summed E-state index contributed by atoms with van der Waals surface area (Å²) in [4.78, 5) is 0. The van der Waals surface area contributed by atoms with Gasteiger partial charge in [0.2, 0.25) is 0 Å². The highest BCUT2D eigenvalue weighted by molar-refractivity contribution is 9.10. The molecule has 0 aliphatic heterocycles. The molecule has 0 unspecified atom stereocenters. The third-order valence-corrected chi connectivity index (χ3v) is 3.27. The maximum Gasteiger partial charge on any atom is 0.160 e. The van der Waals surface area contributed by atoms with E-state index in [0.717, 1.165) is 10.9 Å². The molecule has 17 heavy (non-hydrogen) atoms. The van der Waals surface area contributed by atoms with Crippen LogP contribution in [0.4, 0.5) is 5.69 Å². The molecule has 1 aromatic carbocycles. The highest BCUT2D eigenvalue weighted by Gasteiger charge is 2.07. The largest absolute Gasteiger partial charge is 0.490 e. The summed E-state index contributed by atoms with van der Waals surface area (Å²) in [5.41, 5.74) is 6.43. The third kappa shape index (κ3) is 5.17. The van der Waals surface area contributed by atoms with E-state index < -0.39 is 0 Å². The van der Waals surface area contributed by atoms with Crippen molar-refractivity contribution < 1.29 is 4.74 Å². The van der Waals surface area contributed by atoms with E-state index in [9.17, 15) is 0 Å². The molecule has 1 aromatic rings. The molecule has 0 heterocycles. The van der Waals surface area contributed by atoms with Gasteiger partial charge in [-0.25, -0.2) is 0 Å². The van der Waals surface area contributed by atoms with Crippen LogP contribution in [-0.4, -0.2) is 6.61 Å². The first-order valence-corrected chi connectivity index (χ1v) is 7.19. The number of halogens is 2. The molecule has 0 bridgehead atoms. The fraction of sp³-hybridized carbons (Fsp3) is 0.538. The van der Waals surface area contributed by atoms with Crippen LogP contribution in [0, 0.1) is 0 Å². The average molecular weight is 321 g/mol. The lowest BCUT2D eigenvalue weighted by atomic mass is 10.2. The second kappa shape index (κ2) is 7.83. The van der Waals surface area contributed by atoms with E-state index in [1.165, 1.54) is 25.7 Å². The van der Waals surface area contributed by atoms with Crippen molar-refractivity contribution in [3.8, 4) is 5.75 Å². The van der Waals surface area contributed by atoms with Crippen LogP contribution < -0.4 is 10.5 Å². The fourth-order valence-corrected chi connectivity index (χ4v) is 2.50. The molecule has 1 rings (SSSR count). The minimum atomic E-state index is 0.561. The number of nitrogen functional groups attached to an aromatic ring is 1. The lowest BCUT2D eigenvalue weighted by Crippen LogP contribution is -2.01. The van der Waals surface area contributed by atoms with Crippen LogP contribution in [0.15, 0.2) is 16.6 Å². The SMILES string of the molecule is CCCCCCCOc1c(N)cc(Br)cc1Cl. The van der Waals surface area contributed by atoms with Crippen LogP contribution >= 0.6 is 27.5 Å². The van der Waals surface area contributed by atoms with Crippen molar-refractivity contribution in [3.05, 3.63) is 21.6 Å². The molecule has 0 aliphatic rings. The summed E-state index contributed by atoms with van der Waals surface area (Å²) < 4.78 is 6.50. The number of benzene rings is 1. The van der Waals surface area contributed by atoms with Gasteiger partial charge in [0, 0.05) is 4.47 Å². The zero-order valence-corrected chi connectivity index (χ0v) is 12.5. The Hall–Kier alpha value is -0.410. The summed E-state index contributed by atoms with van der Waals surface area (Å²) in [5.74, 6) is 0.602. The highest BCUT2D eigenvalue weighted by atomic mass is 79.9. The summed E-state index contributed by atoms with van der Waals surface area (Å²) in [7, 11) is 0. The minimum Gasteiger partial charge on any atom is -0.490 e. The first-order valence-electron chi connectivity index (χ1n) is 6.02. The third-order valence-electron chi connectivity index (χ3n) is 2.53. The van der Waals surface area contributed by atoms with Gasteiger partial charge in [0.15, 0.2) is 5.75 Å². The summed E-state index contributed by atoms with van der Waals surface area (Å²) in [6.45, 7) is 2.88. The monoisotopic (exact) mass is 319 g/mol. The maximum absolute atomic E-state index is 6.06. The summed E-state index contributed by atoms with van der Waals surface area (Å²) in [6.07, 6.45) is 6.06. The normalized spacial score (nSPS) is 10.5. The fourth-order valence-electron chi connectivity index (χ4n) is 1.61. The Balaban J connectivity index is 2.36. The predicted octanol–water partition coefficient (Wildman–Crippen LogP) is 5.03. The van der Waals surface area contributed by atoms with E-state index in [1.54, 1.807) is 12.1 Å². The molecule has 0 radical (unpaired) electrons. The van der Waals surface area contributed by atoms with E-state index in [-0.39, 0.29) is 0 Å². The van der Waals surface area contributed by atoms with E-state index in [2.05, 4.69) is 22.9 Å². The van der Waals surface area contributed by atoms with Gasteiger partial charge in [0.05, 0.1) is 17.3 Å². The molecule has 0 aliphatic carbocycles. The van der Waals surface area contributed by atoms with Crippen molar-refractivity contribution in [2.75, 3.05) is 12.3 Å². The van der Waals surface area contributed by atoms with Gasteiger partial charge < -0.3 is 10.5 Å². The predicted molar refractivity (Wildman–Crippen MR) is 77.8 cm³/mol. The van der Waals surface area contributed by atoms with Crippen LogP contribution in [0.5, 0.6) is 5.75 Å². The highest BCUT2D eigenvalue weighted by Crippen LogP contribution is 2.34. The van der Waals surface area contributed by atoms with Crippen molar-refractivity contribution in [2.24, 2.45) is 0 Å². The van der Waals surface area contributed by atoms with E-state index in [1.807, 2.05) is 0 Å². The second-order valence-electron chi connectivity index (χ2n) is 4.07. The Labute approximate surface area is 117 Å². The number of nitrogens with two attached hydrogens (primary N) is 1. The van der Waals surface area contributed by atoms with Crippen molar-refractivity contribution in [2.45, 2.75) is 39.0 Å². The van der Waals surface area contributed by atoms with Crippen molar-refractivity contribution in [1.82, 2.24) is 0 Å². The van der Waals surface area contributed by atoms with Gasteiger partial charge in [-0.05, 0) is 18.6 Å². The first-order chi connectivity index (χ1) is 8.15. The number of hydrogen-bond donors (Lipinski definition) is 1. The first kappa shape index (κ1) is 14.7. The summed E-state index contributed by atoms with van der Waals surface area (Å²) in [5, 5.41) is 0.561. The van der Waals surface area contributed by atoms with Crippen LogP contribution in [0.3, 0.4) is 0 Å². The van der Waals surface area contributed by atoms with Crippen LogP contribution in [0.25, 0.3) is 0 Å². The number of hydrogen-bond acceptors (Lipinski definition) is 2. The van der Waals surface area contributed by atoms with E-state index in [4.69, 9.17) is 22.1 Å². The number of ether oxygens (including phenoxy) is 1. The van der Waals surface area contributed by atoms with Gasteiger partial charge in [-0.15, -0.1) is 0 Å². The van der Waals surface area contributed by atoms with E-state index in [0.29, 0.717) is 23.1 Å². The van der Waals surface area contributed by atoms with Crippen molar-refractivity contribution in [3.63, 3.8) is 0 Å². The molecule has 0 atom stereocenters. The second-order valence-corrected chi connectivity index (χ2v) is 5.39. The van der Waals surface area contributed by atoms with Crippen LogP contribution in [0.2, 0.25) is 5.02 Å². The molecule has 96 valence electrons. The van der Waals surface area contributed by atoms with Crippen molar-refractivity contribution in [1.29, 1.82) is 0 Å². The minimum absolute atomic E-state index is 0.561. The number of rotatable bonds is 7. The smallest absolute Gasteiger partial charge is 0.160 e. The molecular weight excluding hydrogens is 302 g/mol. The molecule has 0 saturated heterocycles. The molecule has 0 amide bonds. The maximum atomic E-state index is 6.06. The van der Waals surface area contributed by atoms with Gasteiger partial charge >= 0.3 is 0 Å². The quantitative estimate of drug-likeness (QED) is 0.564. The lowest BCUT2D eigenvalue weighted by Gasteiger charge is -2.11. The van der Waals surface area contributed by atoms with Crippen LogP contribution in [-0.2, 0) is 0 Å².